The minimum absolute atomic E-state index is 0.235. The van der Waals surface area contributed by atoms with Crippen LogP contribution in [0, 0.1) is 6.92 Å². The van der Waals surface area contributed by atoms with E-state index in [1.54, 1.807) is 0 Å². The zero-order valence-corrected chi connectivity index (χ0v) is 9.92. The van der Waals surface area contributed by atoms with Gasteiger partial charge in [-0.25, -0.2) is 0 Å². The second-order valence-corrected chi connectivity index (χ2v) is 4.15. The highest BCUT2D eigenvalue weighted by Crippen LogP contribution is 2.19. The van der Waals surface area contributed by atoms with Gasteiger partial charge in [-0.3, -0.25) is 0 Å². The van der Waals surface area contributed by atoms with E-state index in [2.05, 4.69) is 19.1 Å². The number of benzene rings is 1. The zero-order chi connectivity index (χ0) is 11.3. The van der Waals surface area contributed by atoms with Gasteiger partial charge in [-0.15, -0.1) is 0 Å². The molecule has 0 saturated heterocycles. The molecular weight excluding hydrogens is 186 g/mol. The normalized spacial score (nSPS) is 10.7. The molecule has 1 rings (SSSR count). The zero-order valence-electron chi connectivity index (χ0n) is 9.92. The van der Waals surface area contributed by atoms with Crippen LogP contribution in [0.25, 0.3) is 0 Å². The predicted octanol–water partition coefficient (Wildman–Crippen LogP) is 2.67. The lowest BCUT2D eigenvalue weighted by Crippen LogP contribution is -2.06. The Morgan fingerprint density at radius 1 is 1.33 bits per heavy atom. The van der Waals surface area contributed by atoms with Crippen molar-refractivity contribution < 1.29 is 4.74 Å². The third kappa shape index (κ3) is 3.92. The molecule has 1 aromatic rings. The maximum Gasteiger partial charge on any atom is 0.119 e. The van der Waals surface area contributed by atoms with Crippen LogP contribution in [0.4, 0.5) is 0 Å². The molecule has 2 N–H and O–H groups in total. The monoisotopic (exact) mass is 207 g/mol. The first-order valence-corrected chi connectivity index (χ1v) is 5.59. The van der Waals surface area contributed by atoms with Crippen LogP contribution in [0.2, 0.25) is 0 Å². The summed E-state index contributed by atoms with van der Waals surface area (Å²) in [7, 11) is 0. The number of ether oxygens (including phenoxy) is 1. The second kappa shape index (κ2) is 5.76. The van der Waals surface area contributed by atoms with Gasteiger partial charge in [-0.05, 0) is 63.4 Å². The van der Waals surface area contributed by atoms with E-state index in [1.165, 1.54) is 11.1 Å². The van der Waals surface area contributed by atoms with Gasteiger partial charge in [-0.1, -0.05) is 6.07 Å². The first-order chi connectivity index (χ1) is 7.13. The van der Waals surface area contributed by atoms with Gasteiger partial charge in [0.05, 0.1) is 6.10 Å². The average Bonchev–Trinajstić information content (AvgIpc) is 2.15. The van der Waals surface area contributed by atoms with Crippen molar-refractivity contribution in [2.45, 2.75) is 39.7 Å². The SMILES string of the molecule is Cc1cc(OC(C)C)ccc1CCCN. The highest BCUT2D eigenvalue weighted by molar-refractivity contribution is 5.35. The molecule has 15 heavy (non-hydrogen) atoms. The van der Waals surface area contributed by atoms with Crippen molar-refractivity contribution >= 4 is 0 Å². The van der Waals surface area contributed by atoms with Crippen molar-refractivity contribution in [1.82, 2.24) is 0 Å². The molecule has 2 heteroatoms. The summed E-state index contributed by atoms with van der Waals surface area (Å²) < 4.78 is 5.63. The minimum atomic E-state index is 0.235. The van der Waals surface area contributed by atoms with Crippen molar-refractivity contribution in [2.24, 2.45) is 5.73 Å². The smallest absolute Gasteiger partial charge is 0.119 e. The third-order valence-corrected chi connectivity index (χ3v) is 2.34. The Balaban J connectivity index is 2.69. The molecule has 0 aliphatic heterocycles. The maximum absolute atomic E-state index is 5.63. The lowest BCUT2D eigenvalue weighted by atomic mass is 10.0. The topological polar surface area (TPSA) is 35.2 Å². The van der Waals surface area contributed by atoms with Gasteiger partial charge in [-0.2, -0.15) is 0 Å². The van der Waals surface area contributed by atoms with E-state index in [0.29, 0.717) is 0 Å². The molecule has 0 spiro atoms. The molecule has 84 valence electrons. The van der Waals surface area contributed by atoms with Crippen LogP contribution < -0.4 is 10.5 Å². The summed E-state index contributed by atoms with van der Waals surface area (Å²) in [6.07, 6.45) is 2.34. The Morgan fingerprint density at radius 3 is 2.60 bits per heavy atom. The van der Waals surface area contributed by atoms with Gasteiger partial charge in [0.25, 0.3) is 0 Å². The molecule has 0 bridgehead atoms. The van der Waals surface area contributed by atoms with Crippen LogP contribution in [0.15, 0.2) is 18.2 Å². The molecule has 0 amide bonds. The van der Waals surface area contributed by atoms with Crippen molar-refractivity contribution in [1.29, 1.82) is 0 Å². The van der Waals surface area contributed by atoms with Gasteiger partial charge in [0, 0.05) is 0 Å². The highest BCUT2D eigenvalue weighted by Gasteiger charge is 2.02. The molecule has 0 aliphatic carbocycles. The van der Waals surface area contributed by atoms with Gasteiger partial charge in [0.2, 0.25) is 0 Å². The van der Waals surface area contributed by atoms with Crippen molar-refractivity contribution in [3.8, 4) is 5.75 Å². The summed E-state index contributed by atoms with van der Waals surface area (Å²) in [6, 6.07) is 6.29. The molecule has 0 unspecified atom stereocenters. The molecule has 0 saturated carbocycles. The fourth-order valence-corrected chi connectivity index (χ4v) is 1.59. The van der Waals surface area contributed by atoms with E-state index in [9.17, 15) is 0 Å². The maximum atomic E-state index is 5.63. The van der Waals surface area contributed by atoms with Gasteiger partial charge >= 0.3 is 0 Å². The highest BCUT2D eigenvalue weighted by atomic mass is 16.5. The number of aryl methyl sites for hydroxylation is 2. The van der Waals surface area contributed by atoms with Gasteiger partial charge < -0.3 is 10.5 Å². The van der Waals surface area contributed by atoms with Crippen molar-refractivity contribution in [3.63, 3.8) is 0 Å². The molecule has 1 aromatic carbocycles. The molecule has 0 aliphatic rings. The van der Waals surface area contributed by atoms with E-state index in [1.807, 2.05) is 19.9 Å². The Labute approximate surface area is 92.4 Å². The molecule has 2 nitrogen and oxygen atoms in total. The van der Waals surface area contributed by atoms with Crippen LogP contribution in [-0.4, -0.2) is 12.6 Å². The van der Waals surface area contributed by atoms with Crippen LogP contribution in [-0.2, 0) is 6.42 Å². The summed E-state index contributed by atoms with van der Waals surface area (Å²) in [4.78, 5) is 0. The molecule has 0 radical (unpaired) electrons. The Morgan fingerprint density at radius 2 is 2.07 bits per heavy atom. The number of hydrogen-bond acceptors (Lipinski definition) is 2. The summed E-state index contributed by atoms with van der Waals surface area (Å²) in [5.41, 5.74) is 8.16. The number of rotatable bonds is 5. The van der Waals surface area contributed by atoms with E-state index >= 15 is 0 Å². The van der Waals surface area contributed by atoms with Crippen molar-refractivity contribution in [3.05, 3.63) is 29.3 Å². The fraction of sp³-hybridized carbons (Fsp3) is 0.538. The molecule has 0 heterocycles. The standard InChI is InChI=1S/C13H21NO/c1-10(2)15-13-7-6-12(5-4-8-14)11(3)9-13/h6-7,9-10H,4-5,8,14H2,1-3H3. The van der Waals surface area contributed by atoms with E-state index < -0.39 is 0 Å². The minimum Gasteiger partial charge on any atom is -0.491 e. The Bertz CT molecular complexity index is 307. The molecule has 0 atom stereocenters. The van der Waals surface area contributed by atoms with E-state index in [-0.39, 0.29) is 6.10 Å². The Hall–Kier alpha value is -1.02. The fourth-order valence-electron chi connectivity index (χ4n) is 1.59. The number of nitrogens with two attached hydrogens (primary N) is 1. The largest absolute Gasteiger partial charge is 0.491 e. The van der Waals surface area contributed by atoms with Crippen LogP contribution in [0.1, 0.15) is 31.4 Å². The summed E-state index contributed by atoms with van der Waals surface area (Å²) in [5, 5.41) is 0. The third-order valence-electron chi connectivity index (χ3n) is 2.34. The Kier molecular flexibility index (Phi) is 4.63. The predicted molar refractivity (Wildman–Crippen MR) is 64.3 cm³/mol. The van der Waals surface area contributed by atoms with E-state index in [0.717, 1.165) is 25.1 Å². The lowest BCUT2D eigenvalue weighted by Gasteiger charge is -2.12. The average molecular weight is 207 g/mol. The number of hydrogen-bond donors (Lipinski definition) is 1. The second-order valence-electron chi connectivity index (χ2n) is 4.15. The van der Waals surface area contributed by atoms with Crippen LogP contribution in [0.3, 0.4) is 0 Å². The lowest BCUT2D eigenvalue weighted by molar-refractivity contribution is 0.242. The molecule has 0 fully saturated rings. The van der Waals surface area contributed by atoms with Gasteiger partial charge in [0.15, 0.2) is 0 Å². The summed E-state index contributed by atoms with van der Waals surface area (Å²) in [6.45, 7) is 6.96. The molecule has 0 aromatic heterocycles. The summed E-state index contributed by atoms with van der Waals surface area (Å²) >= 11 is 0. The quantitative estimate of drug-likeness (QED) is 0.805. The van der Waals surface area contributed by atoms with Crippen LogP contribution in [0.5, 0.6) is 5.75 Å². The van der Waals surface area contributed by atoms with E-state index in [4.69, 9.17) is 10.5 Å². The summed E-state index contributed by atoms with van der Waals surface area (Å²) in [5.74, 6) is 0.957. The van der Waals surface area contributed by atoms with Gasteiger partial charge in [0.1, 0.15) is 5.75 Å². The first kappa shape index (κ1) is 12.1. The molecular formula is C13H21NO. The first-order valence-electron chi connectivity index (χ1n) is 5.59. The van der Waals surface area contributed by atoms with Crippen molar-refractivity contribution in [2.75, 3.05) is 6.54 Å². The van der Waals surface area contributed by atoms with Crippen LogP contribution >= 0.6 is 0 Å².